The van der Waals surface area contributed by atoms with E-state index < -0.39 is 12.1 Å². The van der Waals surface area contributed by atoms with Crippen molar-refractivity contribution in [1.29, 1.82) is 0 Å². The third-order valence-electron chi connectivity index (χ3n) is 4.81. The second kappa shape index (κ2) is 15.5. The van der Waals surface area contributed by atoms with Crippen molar-refractivity contribution in [1.82, 2.24) is 15.5 Å². The Morgan fingerprint density at radius 3 is 2.40 bits per heavy atom. The molecule has 0 aromatic heterocycles. The summed E-state index contributed by atoms with van der Waals surface area (Å²) in [5, 5.41) is 16.4. The number of aliphatic hydroxyl groups excluding tert-OH is 1. The summed E-state index contributed by atoms with van der Waals surface area (Å²) in [7, 11) is 0. The van der Waals surface area contributed by atoms with Gasteiger partial charge in [0.1, 0.15) is 0 Å². The Bertz CT molecular complexity index is 651. The van der Waals surface area contributed by atoms with Crippen LogP contribution in [0.15, 0.2) is 30.3 Å². The summed E-state index contributed by atoms with van der Waals surface area (Å²) in [6.07, 6.45) is 7.80. The van der Waals surface area contributed by atoms with Crippen LogP contribution in [0.25, 0.3) is 0 Å². The molecule has 1 rings (SSSR count). The first-order valence-corrected chi connectivity index (χ1v) is 10.9. The van der Waals surface area contributed by atoms with Gasteiger partial charge in [0.15, 0.2) is 0 Å². The quantitative estimate of drug-likeness (QED) is 0.385. The van der Waals surface area contributed by atoms with Crippen molar-refractivity contribution in [3.8, 4) is 12.3 Å². The van der Waals surface area contributed by atoms with E-state index in [1.807, 2.05) is 35.2 Å². The highest BCUT2D eigenvalue weighted by Crippen LogP contribution is 2.06. The van der Waals surface area contributed by atoms with Gasteiger partial charge in [-0.1, -0.05) is 44.2 Å². The van der Waals surface area contributed by atoms with E-state index in [4.69, 9.17) is 6.42 Å². The molecule has 6 nitrogen and oxygen atoms in total. The Morgan fingerprint density at radius 2 is 1.80 bits per heavy atom. The average molecular weight is 416 g/mol. The van der Waals surface area contributed by atoms with Gasteiger partial charge in [-0.3, -0.25) is 9.59 Å². The normalized spacial score (nSPS) is 12.6. The van der Waals surface area contributed by atoms with Crippen molar-refractivity contribution >= 4 is 11.8 Å². The van der Waals surface area contributed by atoms with Gasteiger partial charge in [-0.2, -0.15) is 0 Å². The maximum atomic E-state index is 12.3. The largest absolute Gasteiger partial charge is 0.390 e. The van der Waals surface area contributed by atoms with E-state index in [1.54, 1.807) is 0 Å². The Kier molecular flexibility index (Phi) is 13.2. The number of terminal acetylenes is 1. The maximum absolute atomic E-state index is 12.3. The molecule has 6 heteroatoms. The summed E-state index contributed by atoms with van der Waals surface area (Å²) in [4.78, 5) is 26.4. The highest BCUT2D eigenvalue weighted by Gasteiger charge is 2.20. The van der Waals surface area contributed by atoms with Gasteiger partial charge in [0, 0.05) is 45.4 Å². The molecule has 166 valence electrons. The zero-order chi connectivity index (χ0) is 22.2. The van der Waals surface area contributed by atoms with E-state index in [-0.39, 0.29) is 24.7 Å². The number of hydrogen-bond donors (Lipinski definition) is 3. The van der Waals surface area contributed by atoms with Crippen LogP contribution in [-0.4, -0.2) is 53.6 Å². The second-order valence-electron chi connectivity index (χ2n) is 7.50. The number of carbonyl (C=O) groups excluding carboxylic acids is 2. The number of nitrogens with zero attached hydrogens (tertiary/aromatic N) is 1. The highest BCUT2D eigenvalue weighted by atomic mass is 16.3. The summed E-state index contributed by atoms with van der Waals surface area (Å²) in [5.41, 5.74) is 1.12. The van der Waals surface area contributed by atoms with Crippen LogP contribution in [0.5, 0.6) is 0 Å². The summed E-state index contributed by atoms with van der Waals surface area (Å²) >= 11 is 0. The molecule has 0 radical (unpaired) electrons. The molecular formula is C24H37N3O3. The Balaban J connectivity index is 2.39. The van der Waals surface area contributed by atoms with E-state index >= 15 is 0 Å². The minimum absolute atomic E-state index is 0.0943. The van der Waals surface area contributed by atoms with Crippen LogP contribution < -0.4 is 10.6 Å². The van der Waals surface area contributed by atoms with Crippen molar-refractivity contribution in [3.63, 3.8) is 0 Å². The molecule has 0 saturated carbocycles. The number of amides is 2. The van der Waals surface area contributed by atoms with Gasteiger partial charge in [0.05, 0.1) is 12.1 Å². The monoisotopic (exact) mass is 415 g/mol. The molecule has 30 heavy (non-hydrogen) atoms. The molecule has 0 aliphatic carbocycles. The fourth-order valence-electron chi connectivity index (χ4n) is 3.25. The molecule has 0 unspecified atom stereocenters. The Hall–Kier alpha value is -2.36. The van der Waals surface area contributed by atoms with E-state index in [1.165, 1.54) is 0 Å². The smallest absolute Gasteiger partial charge is 0.222 e. The standard InChI is InChI=1S/C24H37N3O3/c1-4-11-21(22(28)19-25-18-20-12-8-7-9-13-20)26-23(29)14-10-15-24(30)27(16-5-2)17-6-3/h1,7-9,12-13,21-22,25,28H,5-6,10-11,14-19H2,2-3H3,(H,26,29)/t21-,22+/m0/s1. The summed E-state index contributed by atoms with van der Waals surface area (Å²) in [6, 6.07) is 9.37. The molecule has 0 aliphatic rings. The van der Waals surface area contributed by atoms with Crippen LogP contribution in [0.3, 0.4) is 0 Å². The lowest BCUT2D eigenvalue weighted by atomic mass is 10.1. The fourth-order valence-corrected chi connectivity index (χ4v) is 3.25. The molecule has 3 N–H and O–H groups in total. The molecule has 2 amide bonds. The SMILES string of the molecule is C#CC[C@H](NC(=O)CCCC(=O)N(CCC)CCC)[C@H](O)CNCc1ccccc1. The average Bonchev–Trinajstić information content (AvgIpc) is 2.74. The summed E-state index contributed by atoms with van der Waals surface area (Å²) in [5.74, 6) is 2.42. The lowest BCUT2D eigenvalue weighted by Crippen LogP contribution is -2.47. The Labute approximate surface area is 181 Å². The van der Waals surface area contributed by atoms with Gasteiger partial charge in [0.2, 0.25) is 11.8 Å². The summed E-state index contributed by atoms with van der Waals surface area (Å²) < 4.78 is 0. The van der Waals surface area contributed by atoms with Crippen molar-refractivity contribution < 1.29 is 14.7 Å². The van der Waals surface area contributed by atoms with Gasteiger partial charge >= 0.3 is 0 Å². The van der Waals surface area contributed by atoms with E-state index in [2.05, 4.69) is 30.4 Å². The first kappa shape index (κ1) is 25.7. The molecule has 0 bridgehead atoms. The second-order valence-corrected chi connectivity index (χ2v) is 7.50. The molecule has 1 aromatic carbocycles. The third kappa shape index (κ3) is 10.4. The van der Waals surface area contributed by atoms with Crippen LogP contribution in [0.4, 0.5) is 0 Å². The zero-order valence-electron chi connectivity index (χ0n) is 18.4. The van der Waals surface area contributed by atoms with Crippen molar-refractivity contribution in [2.75, 3.05) is 19.6 Å². The van der Waals surface area contributed by atoms with Gasteiger partial charge in [-0.15, -0.1) is 12.3 Å². The number of carbonyl (C=O) groups is 2. The van der Waals surface area contributed by atoms with Crippen LogP contribution >= 0.6 is 0 Å². The number of nitrogens with one attached hydrogen (secondary N) is 2. The minimum atomic E-state index is -0.792. The van der Waals surface area contributed by atoms with Crippen molar-refractivity contribution in [3.05, 3.63) is 35.9 Å². The molecule has 0 spiro atoms. The van der Waals surface area contributed by atoms with Gasteiger partial charge in [-0.05, 0) is 24.8 Å². The number of hydrogen-bond acceptors (Lipinski definition) is 4. The summed E-state index contributed by atoms with van der Waals surface area (Å²) in [6.45, 7) is 6.56. The molecule has 0 aliphatic heterocycles. The topological polar surface area (TPSA) is 81.7 Å². The Morgan fingerprint density at radius 1 is 1.13 bits per heavy atom. The van der Waals surface area contributed by atoms with E-state index in [0.717, 1.165) is 31.5 Å². The van der Waals surface area contributed by atoms with E-state index in [9.17, 15) is 14.7 Å². The number of aliphatic hydroxyl groups is 1. The molecule has 0 saturated heterocycles. The lowest BCUT2D eigenvalue weighted by Gasteiger charge is -2.23. The number of benzene rings is 1. The fraction of sp³-hybridized carbons (Fsp3) is 0.583. The first-order chi connectivity index (χ1) is 14.5. The molecule has 0 heterocycles. The van der Waals surface area contributed by atoms with Crippen LogP contribution in [0.2, 0.25) is 0 Å². The number of rotatable bonds is 15. The predicted molar refractivity (Wildman–Crippen MR) is 121 cm³/mol. The zero-order valence-corrected chi connectivity index (χ0v) is 18.4. The molecule has 0 fully saturated rings. The van der Waals surface area contributed by atoms with Crippen LogP contribution in [0.1, 0.15) is 57.9 Å². The third-order valence-corrected chi connectivity index (χ3v) is 4.81. The van der Waals surface area contributed by atoms with Crippen molar-refractivity contribution in [2.45, 2.75) is 71.1 Å². The van der Waals surface area contributed by atoms with E-state index in [0.29, 0.717) is 25.9 Å². The van der Waals surface area contributed by atoms with Gasteiger partial charge < -0.3 is 20.6 Å². The molecular weight excluding hydrogens is 378 g/mol. The van der Waals surface area contributed by atoms with Gasteiger partial charge in [0.25, 0.3) is 0 Å². The predicted octanol–water partition coefficient (Wildman–Crippen LogP) is 2.46. The van der Waals surface area contributed by atoms with Crippen molar-refractivity contribution in [2.24, 2.45) is 0 Å². The highest BCUT2D eigenvalue weighted by molar-refractivity contribution is 5.79. The lowest BCUT2D eigenvalue weighted by molar-refractivity contribution is -0.131. The van der Waals surface area contributed by atoms with Gasteiger partial charge in [-0.25, -0.2) is 0 Å². The van der Waals surface area contributed by atoms with Crippen LogP contribution in [0, 0.1) is 12.3 Å². The van der Waals surface area contributed by atoms with Crippen LogP contribution in [-0.2, 0) is 16.1 Å². The maximum Gasteiger partial charge on any atom is 0.222 e. The molecule has 2 atom stereocenters. The minimum Gasteiger partial charge on any atom is -0.390 e. The molecule has 1 aromatic rings. The first-order valence-electron chi connectivity index (χ1n) is 10.9.